The van der Waals surface area contributed by atoms with Crippen molar-refractivity contribution >= 4 is 21.7 Å². The van der Waals surface area contributed by atoms with E-state index in [-0.39, 0.29) is 16.5 Å². The molecule has 0 aromatic heterocycles. The monoisotopic (exact) mass is 360 g/mol. The number of hydrogen-bond acceptors (Lipinski definition) is 5. The van der Waals surface area contributed by atoms with Gasteiger partial charge in [0.15, 0.2) is 0 Å². The van der Waals surface area contributed by atoms with Gasteiger partial charge in [0.2, 0.25) is 10.0 Å². The van der Waals surface area contributed by atoms with Crippen LogP contribution in [0.3, 0.4) is 0 Å². The van der Waals surface area contributed by atoms with Crippen molar-refractivity contribution in [2.75, 3.05) is 25.5 Å². The molecule has 7 heteroatoms. The van der Waals surface area contributed by atoms with Gasteiger partial charge in [-0.05, 0) is 36.8 Å². The molecule has 6 nitrogen and oxygen atoms in total. The Morgan fingerprint density at radius 1 is 1.16 bits per heavy atom. The van der Waals surface area contributed by atoms with Gasteiger partial charge in [-0.1, -0.05) is 24.3 Å². The van der Waals surface area contributed by atoms with Crippen molar-refractivity contribution in [3.63, 3.8) is 0 Å². The SMILES string of the molecule is COC(=O)c1cccc(S(=O)(=O)N2CCC(Nc3ccccc3)C2)c1. The average molecular weight is 360 g/mol. The number of carbonyl (C=O) groups is 1. The first-order chi connectivity index (χ1) is 12.0. The normalized spacial score (nSPS) is 18.0. The van der Waals surface area contributed by atoms with Gasteiger partial charge >= 0.3 is 5.97 Å². The lowest BCUT2D eigenvalue weighted by atomic mass is 10.2. The Morgan fingerprint density at radius 3 is 2.64 bits per heavy atom. The third kappa shape index (κ3) is 3.83. The number of methoxy groups -OCH3 is 1. The van der Waals surface area contributed by atoms with Crippen LogP contribution in [0.25, 0.3) is 0 Å². The standard InChI is InChI=1S/C18H20N2O4S/c1-24-18(21)14-6-5-9-17(12-14)25(22,23)20-11-10-16(13-20)19-15-7-3-2-4-8-15/h2-9,12,16,19H,10-11,13H2,1H3. The topological polar surface area (TPSA) is 75.7 Å². The summed E-state index contributed by atoms with van der Waals surface area (Å²) < 4.78 is 31.8. The number of ether oxygens (including phenoxy) is 1. The molecule has 25 heavy (non-hydrogen) atoms. The summed E-state index contributed by atoms with van der Waals surface area (Å²) in [6, 6.07) is 15.7. The van der Waals surface area contributed by atoms with Gasteiger partial charge < -0.3 is 10.1 Å². The lowest BCUT2D eigenvalue weighted by Gasteiger charge is -2.18. The third-order valence-electron chi connectivity index (χ3n) is 4.19. The minimum Gasteiger partial charge on any atom is -0.465 e. The largest absolute Gasteiger partial charge is 0.465 e. The highest BCUT2D eigenvalue weighted by Crippen LogP contribution is 2.24. The molecule has 1 heterocycles. The zero-order valence-electron chi connectivity index (χ0n) is 13.9. The quantitative estimate of drug-likeness (QED) is 0.829. The highest BCUT2D eigenvalue weighted by molar-refractivity contribution is 7.89. The van der Waals surface area contributed by atoms with Crippen LogP contribution in [-0.4, -0.2) is 44.9 Å². The second kappa shape index (κ2) is 7.25. The molecule has 0 aliphatic carbocycles. The van der Waals surface area contributed by atoms with E-state index in [1.54, 1.807) is 6.07 Å². The summed E-state index contributed by atoms with van der Waals surface area (Å²) in [6.07, 6.45) is 0.727. The Bertz CT molecular complexity index is 852. The first-order valence-corrected chi connectivity index (χ1v) is 9.45. The average Bonchev–Trinajstić information content (AvgIpc) is 3.11. The number of benzene rings is 2. The molecule has 0 saturated carbocycles. The summed E-state index contributed by atoms with van der Waals surface area (Å²) in [5.74, 6) is -0.554. The summed E-state index contributed by atoms with van der Waals surface area (Å²) in [5.41, 5.74) is 1.20. The minimum atomic E-state index is -3.64. The number of nitrogens with zero attached hydrogens (tertiary/aromatic N) is 1. The molecule has 0 bridgehead atoms. The maximum Gasteiger partial charge on any atom is 0.337 e. The fourth-order valence-electron chi connectivity index (χ4n) is 2.88. The fourth-order valence-corrected chi connectivity index (χ4v) is 4.43. The Balaban J connectivity index is 1.74. The minimum absolute atomic E-state index is 0.0564. The molecule has 1 atom stereocenters. The van der Waals surface area contributed by atoms with E-state index in [9.17, 15) is 13.2 Å². The second-order valence-electron chi connectivity index (χ2n) is 5.88. The second-order valence-corrected chi connectivity index (χ2v) is 7.82. The number of nitrogens with one attached hydrogen (secondary N) is 1. The number of esters is 1. The summed E-state index contributed by atoms with van der Waals surface area (Å²) in [5, 5.41) is 3.35. The van der Waals surface area contributed by atoms with Gasteiger partial charge in [0, 0.05) is 24.8 Å². The highest BCUT2D eigenvalue weighted by Gasteiger charge is 2.32. The third-order valence-corrected chi connectivity index (χ3v) is 6.05. The van der Waals surface area contributed by atoms with Crippen molar-refractivity contribution in [1.82, 2.24) is 4.31 Å². The van der Waals surface area contributed by atoms with Crippen molar-refractivity contribution in [3.05, 3.63) is 60.2 Å². The maximum absolute atomic E-state index is 12.8. The van der Waals surface area contributed by atoms with Crippen LogP contribution in [0.2, 0.25) is 0 Å². The molecule has 3 rings (SSSR count). The van der Waals surface area contributed by atoms with E-state index in [0.29, 0.717) is 13.1 Å². The van der Waals surface area contributed by atoms with Crippen molar-refractivity contribution in [1.29, 1.82) is 0 Å². The maximum atomic E-state index is 12.8. The lowest BCUT2D eigenvalue weighted by Crippen LogP contribution is -2.31. The Kier molecular flexibility index (Phi) is 5.06. The number of anilines is 1. The van der Waals surface area contributed by atoms with Gasteiger partial charge in [-0.2, -0.15) is 4.31 Å². The van der Waals surface area contributed by atoms with Crippen molar-refractivity contribution in [3.8, 4) is 0 Å². The van der Waals surface area contributed by atoms with E-state index in [2.05, 4.69) is 10.1 Å². The van der Waals surface area contributed by atoms with Crippen molar-refractivity contribution in [2.45, 2.75) is 17.4 Å². The van der Waals surface area contributed by atoms with Gasteiger partial charge in [-0.15, -0.1) is 0 Å². The van der Waals surface area contributed by atoms with Crippen LogP contribution in [0.4, 0.5) is 5.69 Å². The first kappa shape index (κ1) is 17.4. The van der Waals surface area contributed by atoms with Crippen LogP contribution in [0.1, 0.15) is 16.8 Å². The van der Waals surface area contributed by atoms with Gasteiger partial charge in [0.25, 0.3) is 0 Å². The zero-order chi connectivity index (χ0) is 17.9. The van der Waals surface area contributed by atoms with Crippen molar-refractivity contribution < 1.29 is 17.9 Å². The first-order valence-electron chi connectivity index (χ1n) is 8.01. The predicted molar refractivity (Wildman–Crippen MR) is 95.0 cm³/mol. The van der Waals surface area contributed by atoms with Gasteiger partial charge in [0.1, 0.15) is 0 Å². The molecule has 1 aliphatic rings. The molecule has 1 aliphatic heterocycles. The zero-order valence-corrected chi connectivity index (χ0v) is 14.7. The van der Waals surface area contributed by atoms with E-state index in [4.69, 9.17) is 0 Å². The van der Waals surface area contributed by atoms with Crippen LogP contribution in [0.5, 0.6) is 0 Å². The smallest absolute Gasteiger partial charge is 0.337 e. The molecular formula is C18H20N2O4S. The number of carbonyl (C=O) groups excluding carboxylic acids is 1. The predicted octanol–water partition coefficient (Wildman–Crippen LogP) is 2.35. The Labute approximate surface area is 147 Å². The van der Waals surface area contributed by atoms with Gasteiger partial charge in [-0.3, -0.25) is 0 Å². The molecule has 2 aromatic carbocycles. The molecule has 2 aromatic rings. The number of rotatable bonds is 5. The van der Waals surface area contributed by atoms with Crippen LogP contribution < -0.4 is 5.32 Å². The number of sulfonamides is 1. The highest BCUT2D eigenvalue weighted by atomic mass is 32.2. The van der Waals surface area contributed by atoms with Crippen LogP contribution in [-0.2, 0) is 14.8 Å². The molecule has 0 radical (unpaired) electrons. The van der Waals surface area contributed by atoms with Crippen LogP contribution in [0, 0.1) is 0 Å². The Morgan fingerprint density at radius 2 is 1.92 bits per heavy atom. The van der Waals surface area contributed by atoms with E-state index < -0.39 is 16.0 Å². The molecule has 1 N–H and O–H groups in total. The molecule has 132 valence electrons. The molecule has 1 fully saturated rings. The molecule has 1 saturated heterocycles. The number of hydrogen-bond donors (Lipinski definition) is 1. The van der Waals surface area contributed by atoms with E-state index in [0.717, 1.165) is 12.1 Å². The fraction of sp³-hybridized carbons (Fsp3) is 0.278. The van der Waals surface area contributed by atoms with Crippen LogP contribution in [0.15, 0.2) is 59.5 Å². The number of para-hydroxylation sites is 1. The Hall–Kier alpha value is -2.38. The van der Waals surface area contributed by atoms with E-state index in [1.807, 2.05) is 30.3 Å². The lowest BCUT2D eigenvalue weighted by molar-refractivity contribution is 0.0600. The molecule has 1 unspecified atom stereocenters. The van der Waals surface area contributed by atoms with E-state index in [1.165, 1.54) is 29.6 Å². The summed E-state index contributed by atoms with van der Waals surface area (Å²) in [7, 11) is -2.37. The van der Waals surface area contributed by atoms with Crippen molar-refractivity contribution in [2.24, 2.45) is 0 Å². The summed E-state index contributed by atoms with van der Waals surface area (Å²) in [6.45, 7) is 0.828. The summed E-state index contributed by atoms with van der Waals surface area (Å²) >= 11 is 0. The van der Waals surface area contributed by atoms with Gasteiger partial charge in [0.05, 0.1) is 17.6 Å². The summed E-state index contributed by atoms with van der Waals surface area (Å²) in [4.78, 5) is 11.7. The molecule has 0 amide bonds. The van der Waals surface area contributed by atoms with E-state index >= 15 is 0 Å². The van der Waals surface area contributed by atoms with Gasteiger partial charge in [-0.25, -0.2) is 13.2 Å². The van der Waals surface area contributed by atoms with Crippen LogP contribution >= 0.6 is 0 Å². The molecular weight excluding hydrogens is 340 g/mol. The molecule has 0 spiro atoms.